The summed E-state index contributed by atoms with van der Waals surface area (Å²) in [6, 6.07) is 0. The van der Waals surface area contributed by atoms with Gasteiger partial charge in [-0.3, -0.25) is 14.4 Å². The molecule has 7 nitrogen and oxygen atoms in total. The highest BCUT2D eigenvalue weighted by molar-refractivity contribution is 5.79. The minimum Gasteiger partial charge on any atom is -0.380 e. The Morgan fingerprint density at radius 2 is 1.61 bits per heavy atom. The smallest absolute Gasteiger partial charge is 0.253 e. The van der Waals surface area contributed by atoms with Crippen molar-refractivity contribution in [2.45, 2.75) is 44.9 Å². The summed E-state index contributed by atoms with van der Waals surface area (Å²) < 4.78 is 5.33. The molecule has 1 N–H and O–H groups in total. The first-order valence-electron chi connectivity index (χ1n) is 10.8. The summed E-state index contributed by atoms with van der Waals surface area (Å²) in [4.78, 5) is 40.8. The number of likely N-dealkylation sites (tertiary alicyclic amines) is 1. The predicted octanol–water partition coefficient (Wildman–Crippen LogP) is 1.35. The number of morpholine rings is 1. The van der Waals surface area contributed by atoms with E-state index in [-0.39, 0.29) is 11.3 Å². The van der Waals surface area contributed by atoms with Gasteiger partial charge in [0.25, 0.3) is 10.9 Å². The molecule has 1 amide bonds. The third kappa shape index (κ3) is 3.95. The Balaban J connectivity index is 1.27. The van der Waals surface area contributed by atoms with E-state index in [2.05, 4.69) is 10.2 Å². The number of nitrogens with one attached hydrogen (secondary N) is 1. The van der Waals surface area contributed by atoms with Gasteiger partial charge in [0.1, 0.15) is 11.4 Å². The quantitative estimate of drug-likeness (QED) is 0.766. The Morgan fingerprint density at radius 3 is 2.29 bits per heavy atom. The summed E-state index contributed by atoms with van der Waals surface area (Å²) >= 11 is 0. The third-order valence-corrected chi connectivity index (χ3v) is 6.64. The first-order valence-corrected chi connectivity index (χ1v) is 10.8. The second-order valence-electron chi connectivity index (χ2n) is 8.47. The summed E-state index contributed by atoms with van der Waals surface area (Å²) in [6.07, 6.45) is 7.38. The highest BCUT2D eigenvalue weighted by atomic mass is 16.5. The van der Waals surface area contributed by atoms with Crippen LogP contribution in [-0.2, 0) is 9.53 Å². The Hall–Kier alpha value is -1.89. The SMILES string of the molecule is O=C(C1CCC(CNc2c(N3CCOCC3)c(=O)c2=O)CC1)N1CCCCC1. The van der Waals surface area contributed by atoms with Gasteiger partial charge >= 0.3 is 0 Å². The Labute approximate surface area is 165 Å². The first kappa shape index (κ1) is 19.4. The van der Waals surface area contributed by atoms with Gasteiger partial charge in [0.2, 0.25) is 5.91 Å². The van der Waals surface area contributed by atoms with E-state index in [1.54, 1.807) is 0 Å². The van der Waals surface area contributed by atoms with Crippen molar-refractivity contribution in [3.8, 4) is 0 Å². The fourth-order valence-corrected chi connectivity index (χ4v) is 4.86. The average Bonchev–Trinajstić information content (AvgIpc) is 2.77. The molecule has 0 radical (unpaired) electrons. The van der Waals surface area contributed by atoms with Gasteiger partial charge < -0.3 is 19.9 Å². The summed E-state index contributed by atoms with van der Waals surface area (Å²) in [5.74, 6) is 0.972. The standard InChI is InChI=1S/C21H31N3O4/c25-19-17(18(20(19)26)23-10-12-28-13-11-23)22-14-15-4-6-16(7-5-15)21(27)24-8-2-1-3-9-24/h15-16,22H,1-14H2. The number of hydrogen-bond donors (Lipinski definition) is 1. The number of amides is 1. The van der Waals surface area contributed by atoms with Gasteiger partial charge in [0.05, 0.1) is 13.2 Å². The van der Waals surface area contributed by atoms with E-state index in [0.717, 1.165) is 51.6 Å². The van der Waals surface area contributed by atoms with Gasteiger partial charge in [-0.1, -0.05) is 0 Å². The Kier molecular flexibility index (Phi) is 5.99. The van der Waals surface area contributed by atoms with E-state index >= 15 is 0 Å². The fourth-order valence-electron chi connectivity index (χ4n) is 4.86. The molecule has 7 heteroatoms. The van der Waals surface area contributed by atoms with Crippen LogP contribution in [0.5, 0.6) is 0 Å². The molecule has 2 aliphatic heterocycles. The molecule has 0 aromatic heterocycles. The molecule has 4 rings (SSSR count). The van der Waals surface area contributed by atoms with Crippen LogP contribution in [0.1, 0.15) is 44.9 Å². The van der Waals surface area contributed by atoms with Crippen molar-refractivity contribution in [2.24, 2.45) is 11.8 Å². The van der Waals surface area contributed by atoms with E-state index in [1.807, 2.05) is 4.90 Å². The van der Waals surface area contributed by atoms with E-state index in [1.165, 1.54) is 6.42 Å². The van der Waals surface area contributed by atoms with Crippen LogP contribution in [0.3, 0.4) is 0 Å². The monoisotopic (exact) mass is 389 g/mol. The summed E-state index contributed by atoms with van der Waals surface area (Å²) in [5, 5.41) is 3.26. The van der Waals surface area contributed by atoms with Crippen LogP contribution in [0.25, 0.3) is 0 Å². The largest absolute Gasteiger partial charge is 0.380 e. The van der Waals surface area contributed by atoms with E-state index in [9.17, 15) is 14.4 Å². The van der Waals surface area contributed by atoms with E-state index in [0.29, 0.717) is 56.0 Å². The molecule has 3 aliphatic rings. The van der Waals surface area contributed by atoms with Crippen LogP contribution < -0.4 is 21.1 Å². The lowest BCUT2D eigenvalue weighted by molar-refractivity contribution is -0.137. The van der Waals surface area contributed by atoms with Crippen LogP contribution in [0, 0.1) is 11.8 Å². The predicted molar refractivity (Wildman–Crippen MR) is 109 cm³/mol. The van der Waals surface area contributed by atoms with Gasteiger partial charge in [-0.25, -0.2) is 0 Å². The van der Waals surface area contributed by atoms with Crippen molar-refractivity contribution in [1.82, 2.24) is 4.90 Å². The second-order valence-corrected chi connectivity index (χ2v) is 8.47. The highest BCUT2D eigenvalue weighted by Crippen LogP contribution is 2.31. The van der Waals surface area contributed by atoms with Crippen molar-refractivity contribution in [3.63, 3.8) is 0 Å². The number of carbonyl (C=O) groups is 1. The average molecular weight is 389 g/mol. The third-order valence-electron chi connectivity index (χ3n) is 6.64. The van der Waals surface area contributed by atoms with Crippen molar-refractivity contribution in [1.29, 1.82) is 0 Å². The molecule has 28 heavy (non-hydrogen) atoms. The summed E-state index contributed by atoms with van der Waals surface area (Å²) in [5.41, 5.74) is 0.261. The zero-order valence-electron chi connectivity index (χ0n) is 16.6. The number of hydrogen-bond acceptors (Lipinski definition) is 6. The molecule has 0 atom stereocenters. The van der Waals surface area contributed by atoms with Crippen LogP contribution >= 0.6 is 0 Å². The van der Waals surface area contributed by atoms with Crippen molar-refractivity contribution in [3.05, 3.63) is 20.4 Å². The summed E-state index contributed by atoms with van der Waals surface area (Å²) in [7, 11) is 0. The molecule has 1 saturated carbocycles. The first-order chi connectivity index (χ1) is 13.6. The molecule has 1 aliphatic carbocycles. The molecular weight excluding hydrogens is 358 g/mol. The Morgan fingerprint density at radius 1 is 0.929 bits per heavy atom. The number of nitrogens with zero attached hydrogens (tertiary/aromatic N) is 2. The topological polar surface area (TPSA) is 79.0 Å². The molecule has 2 heterocycles. The number of ether oxygens (including phenoxy) is 1. The zero-order valence-corrected chi connectivity index (χ0v) is 16.6. The number of rotatable bonds is 5. The minimum atomic E-state index is -0.393. The van der Waals surface area contributed by atoms with Crippen molar-refractivity contribution < 1.29 is 9.53 Å². The molecule has 1 aromatic rings. The molecule has 0 bridgehead atoms. The molecule has 3 fully saturated rings. The molecular formula is C21H31N3O4. The fraction of sp³-hybridized carbons (Fsp3) is 0.762. The number of piperidine rings is 1. The molecule has 1 aromatic carbocycles. The number of carbonyl (C=O) groups excluding carboxylic acids is 1. The zero-order chi connectivity index (χ0) is 19.5. The van der Waals surface area contributed by atoms with Crippen LogP contribution in [0.4, 0.5) is 11.4 Å². The maximum atomic E-state index is 12.7. The van der Waals surface area contributed by atoms with Gasteiger partial charge in [-0.15, -0.1) is 0 Å². The lowest BCUT2D eigenvalue weighted by Crippen LogP contribution is -2.47. The van der Waals surface area contributed by atoms with Crippen molar-refractivity contribution >= 4 is 17.3 Å². The van der Waals surface area contributed by atoms with Crippen LogP contribution in [0.15, 0.2) is 9.59 Å². The lowest BCUT2D eigenvalue weighted by Gasteiger charge is -2.34. The van der Waals surface area contributed by atoms with E-state index in [4.69, 9.17) is 4.74 Å². The molecule has 0 spiro atoms. The van der Waals surface area contributed by atoms with E-state index < -0.39 is 5.43 Å². The normalized spacial score (nSPS) is 26.4. The number of anilines is 2. The molecule has 2 saturated heterocycles. The van der Waals surface area contributed by atoms with Crippen LogP contribution in [-0.4, -0.2) is 56.7 Å². The van der Waals surface area contributed by atoms with Gasteiger partial charge in [0.15, 0.2) is 0 Å². The summed E-state index contributed by atoms with van der Waals surface area (Å²) in [6.45, 7) is 5.05. The minimum absolute atomic E-state index is 0.171. The van der Waals surface area contributed by atoms with Gasteiger partial charge in [0, 0.05) is 38.6 Å². The van der Waals surface area contributed by atoms with Gasteiger partial charge in [-0.05, 0) is 50.9 Å². The lowest BCUT2D eigenvalue weighted by atomic mass is 9.81. The maximum absolute atomic E-state index is 12.7. The maximum Gasteiger partial charge on any atom is 0.253 e. The second kappa shape index (κ2) is 8.64. The van der Waals surface area contributed by atoms with Crippen molar-refractivity contribution in [2.75, 3.05) is 56.2 Å². The van der Waals surface area contributed by atoms with Gasteiger partial charge in [-0.2, -0.15) is 0 Å². The van der Waals surface area contributed by atoms with Crippen LogP contribution in [0.2, 0.25) is 0 Å². The molecule has 154 valence electrons. The highest BCUT2D eigenvalue weighted by Gasteiger charge is 2.31. The molecule has 0 unspecified atom stereocenters. The Bertz CT molecular complexity index is 750.